The Morgan fingerprint density at radius 3 is 2.66 bits per heavy atom. The van der Waals surface area contributed by atoms with Crippen molar-refractivity contribution >= 4 is 27.7 Å². The van der Waals surface area contributed by atoms with E-state index < -0.39 is 5.92 Å². The van der Waals surface area contributed by atoms with Gasteiger partial charge in [-0.3, -0.25) is 4.79 Å². The van der Waals surface area contributed by atoms with Crippen molar-refractivity contribution in [2.45, 2.75) is 65.7 Å². The van der Waals surface area contributed by atoms with E-state index in [9.17, 15) is 9.59 Å². The van der Waals surface area contributed by atoms with Gasteiger partial charge in [0, 0.05) is 33.8 Å². The predicted molar refractivity (Wildman–Crippen MR) is 124 cm³/mol. The summed E-state index contributed by atoms with van der Waals surface area (Å²) in [6.45, 7) is 8.70. The molecule has 4 rings (SSSR count). The molecule has 7 heteroatoms. The first-order chi connectivity index (χ1) is 15.2. The molecule has 0 radical (unpaired) electrons. The van der Waals surface area contributed by atoms with Gasteiger partial charge in [0.25, 0.3) is 0 Å². The van der Waals surface area contributed by atoms with E-state index in [2.05, 4.69) is 42.0 Å². The van der Waals surface area contributed by atoms with Gasteiger partial charge in [0.1, 0.15) is 0 Å². The van der Waals surface area contributed by atoms with Crippen molar-refractivity contribution in [3.05, 3.63) is 44.7 Å². The minimum absolute atomic E-state index is 0.0575. The molecule has 3 aliphatic rings. The Balaban J connectivity index is 1.79. The Morgan fingerprint density at radius 2 is 1.94 bits per heavy atom. The number of nitrogens with one attached hydrogen (secondary N) is 1. The first kappa shape index (κ1) is 22.9. The van der Waals surface area contributed by atoms with E-state index in [1.165, 1.54) is 0 Å². The third kappa shape index (κ3) is 4.32. The largest absolute Gasteiger partial charge is 0.462 e. The van der Waals surface area contributed by atoms with Gasteiger partial charge in [0.2, 0.25) is 6.79 Å². The molecule has 0 saturated carbocycles. The highest BCUT2D eigenvalue weighted by molar-refractivity contribution is 9.10. The van der Waals surface area contributed by atoms with E-state index in [1.54, 1.807) is 0 Å². The van der Waals surface area contributed by atoms with Gasteiger partial charge in [-0.05, 0) is 42.9 Å². The number of Topliss-reactive ketones (excluding diaryl/α,β-unsaturated/α-hetero) is 1. The first-order valence-corrected chi connectivity index (χ1v) is 12.0. The topological polar surface area (TPSA) is 73.9 Å². The van der Waals surface area contributed by atoms with Gasteiger partial charge in [0.15, 0.2) is 17.3 Å². The Labute approximate surface area is 197 Å². The van der Waals surface area contributed by atoms with Crippen molar-refractivity contribution in [3.8, 4) is 11.5 Å². The fourth-order valence-electron chi connectivity index (χ4n) is 4.77. The van der Waals surface area contributed by atoms with E-state index in [1.807, 2.05) is 19.1 Å². The summed E-state index contributed by atoms with van der Waals surface area (Å²) in [5.74, 6) is 0.398. The Kier molecular flexibility index (Phi) is 6.39. The molecule has 1 aromatic rings. The second-order valence-corrected chi connectivity index (χ2v) is 10.4. The summed E-state index contributed by atoms with van der Waals surface area (Å²) < 4.78 is 17.5. The quantitative estimate of drug-likeness (QED) is 0.407. The number of carbonyl (C=O) groups excluding carboxylic acids is 2. The smallest absolute Gasteiger partial charge is 0.336 e. The lowest BCUT2D eigenvalue weighted by atomic mass is 9.68. The highest BCUT2D eigenvalue weighted by atomic mass is 79.9. The van der Waals surface area contributed by atoms with E-state index >= 15 is 0 Å². The molecule has 1 aromatic carbocycles. The average molecular weight is 504 g/mol. The number of unbranched alkanes of at least 4 members (excludes halogenated alkanes) is 2. The van der Waals surface area contributed by atoms with Crippen LogP contribution in [0.15, 0.2) is 39.1 Å². The van der Waals surface area contributed by atoms with Crippen LogP contribution in [0.1, 0.15) is 71.3 Å². The molecule has 32 heavy (non-hydrogen) atoms. The first-order valence-electron chi connectivity index (χ1n) is 11.2. The number of dihydropyridines is 1. The van der Waals surface area contributed by atoms with Crippen LogP contribution in [0.25, 0.3) is 0 Å². The summed E-state index contributed by atoms with van der Waals surface area (Å²) in [5.41, 5.74) is 3.40. The van der Waals surface area contributed by atoms with Crippen molar-refractivity contribution in [2.24, 2.45) is 5.41 Å². The van der Waals surface area contributed by atoms with E-state index in [0.29, 0.717) is 35.7 Å². The van der Waals surface area contributed by atoms with Crippen LogP contribution in [0, 0.1) is 5.41 Å². The SMILES string of the molecule is CCCCCOC(=O)C1=C(C)NC2=C(C(=O)CC(C)(C)C2)[C@H]1c1cc2c(cc1Br)OCO2. The van der Waals surface area contributed by atoms with Crippen LogP contribution < -0.4 is 14.8 Å². The highest BCUT2D eigenvalue weighted by Crippen LogP contribution is 2.50. The second-order valence-electron chi connectivity index (χ2n) is 9.50. The number of ketones is 1. The Morgan fingerprint density at radius 1 is 1.22 bits per heavy atom. The maximum absolute atomic E-state index is 13.4. The van der Waals surface area contributed by atoms with Crippen LogP contribution in [0.2, 0.25) is 0 Å². The van der Waals surface area contributed by atoms with Gasteiger partial charge in [0.05, 0.1) is 12.2 Å². The van der Waals surface area contributed by atoms with E-state index in [-0.39, 0.29) is 24.0 Å². The molecule has 1 atom stereocenters. The number of halogens is 1. The van der Waals surface area contributed by atoms with E-state index in [0.717, 1.165) is 47.1 Å². The van der Waals surface area contributed by atoms with Crippen LogP contribution in [-0.2, 0) is 14.3 Å². The fourth-order valence-corrected chi connectivity index (χ4v) is 5.32. The minimum Gasteiger partial charge on any atom is -0.462 e. The summed E-state index contributed by atoms with van der Waals surface area (Å²) in [5, 5.41) is 3.37. The van der Waals surface area contributed by atoms with Gasteiger partial charge in [-0.25, -0.2) is 4.79 Å². The molecule has 0 saturated heterocycles. The molecule has 1 aliphatic carbocycles. The second kappa shape index (κ2) is 8.93. The summed E-state index contributed by atoms with van der Waals surface area (Å²) in [6, 6.07) is 3.72. The van der Waals surface area contributed by atoms with Crippen LogP contribution in [0.4, 0.5) is 0 Å². The fraction of sp³-hybridized carbons (Fsp3) is 0.520. The molecule has 6 nitrogen and oxygen atoms in total. The number of hydrogen-bond acceptors (Lipinski definition) is 6. The average Bonchev–Trinajstić information content (AvgIpc) is 3.15. The summed E-state index contributed by atoms with van der Waals surface area (Å²) in [4.78, 5) is 26.7. The molecule has 0 spiro atoms. The molecule has 0 amide bonds. The monoisotopic (exact) mass is 503 g/mol. The number of rotatable bonds is 6. The van der Waals surface area contributed by atoms with Crippen molar-refractivity contribution in [1.29, 1.82) is 0 Å². The number of esters is 1. The normalized spacial score (nSPS) is 21.4. The van der Waals surface area contributed by atoms with Gasteiger partial charge < -0.3 is 19.5 Å². The van der Waals surface area contributed by atoms with Gasteiger partial charge in [-0.1, -0.05) is 49.5 Å². The summed E-state index contributed by atoms with van der Waals surface area (Å²) >= 11 is 3.65. The summed E-state index contributed by atoms with van der Waals surface area (Å²) in [6.07, 6.45) is 4.05. The highest BCUT2D eigenvalue weighted by Gasteiger charge is 2.44. The third-order valence-electron chi connectivity index (χ3n) is 6.24. The van der Waals surface area contributed by atoms with Gasteiger partial charge in [-0.15, -0.1) is 0 Å². The van der Waals surface area contributed by atoms with Crippen LogP contribution in [0.3, 0.4) is 0 Å². The van der Waals surface area contributed by atoms with Crippen LogP contribution in [0.5, 0.6) is 11.5 Å². The molecule has 2 heterocycles. The van der Waals surface area contributed by atoms with Crippen molar-refractivity contribution in [2.75, 3.05) is 13.4 Å². The number of carbonyl (C=O) groups is 2. The number of ether oxygens (including phenoxy) is 3. The number of benzene rings is 1. The maximum Gasteiger partial charge on any atom is 0.336 e. The lowest BCUT2D eigenvalue weighted by molar-refractivity contribution is -0.139. The van der Waals surface area contributed by atoms with Gasteiger partial charge in [-0.2, -0.15) is 0 Å². The minimum atomic E-state index is -0.530. The van der Waals surface area contributed by atoms with Crippen molar-refractivity contribution < 1.29 is 23.8 Å². The standard InChI is InChI=1S/C25H30BrNO5/c1-5-6-7-8-30-24(29)21-14(2)27-17-11-25(3,4)12-18(28)23(17)22(21)15-9-19-20(10-16(15)26)32-13-31-19/h9-10,22,27H,5-8,11-13H2,1-4H3/t22-/m0/s1. The molecular weight excluding hydrogens is 474 g/mol. The molecule has 1 N–H and O–H groups in total. The zero-order valence-electron chi connectivity index (χ0n) is 19.1. The Bertz CT molecular complexity index is 1020. The zero-order valence-corrected chi connectivity index (χ0v) is 20.7. The van der Waals surface area contributed by atoms with Crippen LogP contribution >= 0.6 is 15.9 Å². The predicted octanol–water partition coefficient (Wildman–Crippen LogP) is 5.52. The van der Waals surface area contributed by atoms with Crippen molar-refractivity contribution in [3.63, 3.8) is 0 Å². The van der Waals surface area contributed by atoms with E-state index in [4.69, 9.17) is 14.2 Å². The molecular formula is C25H30BrNO5. The molecule has 0 bridgehead atoms. The van der Waals surface area contributed by atoms with Crippen molar-refractivity contribution in [1.82, 2.24) is 5.32 Å². The maximum atomic E-state index is 13.4. The molecule has 172 valence electrons. The lowest BCUT2D eigenvalue weighted by Crippen LogP contribution is -2.38. The number of hydrogen-bond donors (Lipinski definition) is 1. The van der Waals surface area contributed by atoms with Crippen LogP contribution in [-0.4, -0.2) is 25.2 Å². The lowest BCUT2D eigenvalue weighted by Gasteiger charge is -2.39. The zero-order chi connectivity index (χ0) is 23.0. The molecule has 2 aliphatic heterocycles. The Hall–Kier alpha value is -2.28. The third-order valence-corrected chi connectivity index (χ3v) is 6.93. The molecule has 0 unspecified atom stereocenters. The van der Waals surface area contributed by atoms with Gasteiger partial charge >= 0.3 is 5.97 Å². The molecule has 0 aromatic heterocycles. The number of fused-ring (bicyclic) bond motifs is 1. The summed E-state index contributed by atoms with van der Waals surface area (Å²) in [7, 11) is 0. The number of allylic oxidation sites excluding steroid dienone is 3. The molecule has 0 fully saturated rings.